The highest BCUT2D eigenvalue weighted by atomic mass is 35.5. The predicted molar refractivity (Wildman–Crippen MR) is 87.1 cm³/mol. The lowest BCUT2D eigenvalue weighted by molar-refractivity contribution is -0.126. The van der Waals surface area contributed by atoms with Crippen molar-refractivity contribution in [3.8, 4) is 0 Å². The molecule has 0 aliphatic carbocycles. The number of carbonyl (C=O) groups excluding carboxylic acids is 1. The summed E-state index contributed by atoms with van der Waals surface area (Å²) in [6, 6.07) is 6.88. The van der Waals surface area contributed by atoms with Crippen LogP contribution in [0.1, 0.15) is 25.3 Å². The number of halogens is 1. The molecule has 0 unspecified atom stereocenters. The van der Waals surface area contributed by atoms with E-state index in [1.165, 1.54) is 4.31 Å². The van der Waals surface area contributed by atoms with Gasteiger partial charge < -0.3 is 5.32 Å². The first-order chi connectivity index (χ1) is 10.4. The van der Waals surface area contributed by atoms with Crippen LogP contribution in [0.5, 0.6) is 0 Å². The summed E-state index contributed by atoms with van der Waals surface area (Å²) in [6.45, 7) is 3.27. The van der Waals surface area contributed by atoms with Crippen LogP contribution < -0.4 is 5.32 Å². The van der Waals surface area contributed by atoms with Crippen molar-refractivity contribution in [1.82, 2.24) is 9.62 Å². The lowest BCUT2D eigenvalue weighted by Crippen LogP contribution is -2.43. The average molecular weight is 345 g/mol. The zero-order chi connectivity index (χ0) is 16.2. The first kappa shape index (κ1) is 17.2. The summed E-state index contributed by atoms with van der Waals surface area (Å²) in [6.07, 6.45) is 1.14. The van der Waals surface area contributed by atoms with Crippen LogP contribution in [0.2, 0.25) is 5.02 Å². The molecule has 22 heavy (non-hydrogen) atoms. The fourth-order valence-corrected chi connectivity index (χ4v) is 4.41. The van der Waals surface area contributed by atoms with E-state index in [2.05, 4.69) is 5.32 Å². The van der Waals surface area contributed by atoms with Crippen molar-refractivity contribution in [3.05, 3.63) is 34.9 Å². The highest BCUT2D eigenvalue weighted by Gasteiger charge is 2.30. The van der Waals surface area contributed by atoms with Crippen LogP contribution in [0.4, 0.5) is 0 Å². The molecule has 1 aliphatic rings. The zero-order valence-electron chi connectivity index (χ0n) is 12.6. The molecule has 0 bridgehead atoms. The van der Waals surface area contributed by atoms with Crippen LogP contribution in [0, 0.1) is 5.92 Å². The molecule has 0 atom stereocenters. The Kier molecular flexibility index (Phi) is 5.83. The molecular formula is C15H21ClN2O3S. The number of hydrogen-bond donors (Lipinski definition) is 1. The number of carbonyl (C=O) groups is 1. The topological polar surface area (TPSA) is 66.5 Å². The third-order valence-electron chi connectivity index (χ3n) is 3.81. The molecule has 1 heterocycles. The van der Waals surface area contributed by atoms with E-state index in [9.17, 15) is 13.2 Å². The lowest BCUT2D eigenvalue weighted by atomic mass is 9.97. The maximum atomic E-state index is 12.5. The summed E-state index contributed by atoms with van der Waals surface area (Å²) in [5.74, 6) is -0.119. The van der Waals surface area contributed by atoms with E-state index in [-0.39, 0.29) is 17.6 Å². The molecule has 2 rings (SSSR count). The Bertz CT molecular complexity index is 625. The number of amides is 1. The Balaban J connectivity index is 1.96. The molecule has 7 heteroatoms. The Morgan fingerprint density at radius 2 is 2.05 bits per heavy atom. The molecule has 0 saturated carbocycles. The molecule has 1 amide bonds. The number of sulfonamides is 1. The van der Waals surface area contributed by atoms with Gasteiger partial charge in [-0.05, 0) is 37.5 Å². The van der Waals surface area contributed by atoms with E-state index < -0.39 is 10.0 Å². The van der Waals surface area contributed by atoms with Crippen molar-refractivity contribution in [2.24, 2.45) is 5.92 Å². The predicted octanol–water partition coefficient (Wildman–Crippen LogP) is 2.02. The number of nitrogens with zero attached hydrogens (tertiary/aromatic N) is 1. The molecule has 1 aromatic carbocycles. The molecule has 5 nitrogen and oxygen atoms in total. The summed E-state index contributed by atoms with van der Waals surface area (Å²) < 4.78 is 26.4. The minimum Gasteiger partial charge on any atom is -0.356 e. The minimum absolute atomic E-state index is 0.0226. The summed E-state index contributed by atoms with van der Waals surface area (Å²) in [5.41, 5.74) is 0.679. The number of nitrogens with one attached hydrogen (secondary N) is 1. The summed E-state index contributed by atoms with van der Waals surface area (Å²) in [5, 5.41) is 3.32. The number of hydrogen-bond acceptors (Lipinski definition) is 3. The Labute approximate surface area is 136 Å². The zero-order valence-corrected chi connectivity index (χ0v) is 14.2. The van der Waals surface area contributed by atoms with Gasteiger partial charge in [-0.25, -0.2) is 12.7 Å². The summed E-state index contributed by atoms with van der Waals surface area (Å²) >= 11 is 5.89. The summed E-state index contributed by atoms with van der Waals surface area (Å²) in [4.78, 5) is 11.8. The van der Waals surface area contributed by atoms with Crippen molar-refractivity contribution in [2.45, 2.75) is 25.5 Å². The highest BCUT2D eigenvalue weighted by Crippen LogP contribution is 2.22. The van der Waals surface area contributed by atoms with Crippen molar-refractivity contribution in [3.63, 3.8) is 0 Å². The molecule has 0 aromatic heterocycles. The van der Waals surface area contributed by atoms with Gasteiger partial charge in [0.25, 0.3) is 0 Å². The largest absolute Gasteiger partial charge is 0.356 e. The Morgan fingerprint density at radius 3 is 2.64 bits per heavy atom. The monoisotopic (exact) mass is 344 g/mol. The lowest BCUT2D eigenvalue weighted by Gasteiger charge is -2.30. The van der Waals surface area contributed by atoms with Gasteiger partial charge in [-0.2, -0.15) is 0 Å². The Hall–Kier alpha value is -1.11. The molecule has 0 radical (unpaired) electrons. The van der Waals surface area contributed by atoms with E-state index in [4.69, 9.17) is 11.6 Å². The standard InChI is InChI=1S/C15H21ClN2O3S/c1-2-17-15(19)13-6-8-18(9-7-13)22(20,21)11-12-4-3-5-14(16)10-12/h3-5,10,13H,2,6-9,11H2,1H3,(H,17,19). The second kappa shape index (κ2) is 7.44. The number of benzene rings is 1. The molecule has 1 saturated heterocycles. The maximum Gasteiger partial charge on any atom is 0.223 e. The van der Waals surface area contributed by atoms with E-state index in [1.807, 2.05) is 6.92 Å². The Morgan fingerprint density at radius 1 is 1.36 bits per heavy atom. The van der Waals surface area contributed by atoms with Crippen LogP contribution in [0.15, 0.2) is 24.3 Å². The van der Waals surface area contributed by atoms with E-state index in [0.717, 1.165) is 0 Å². The molecule has 1 fully saturated rings. The van der Waals surface area contributed by atoms with E-state index in [1.54, 1.807) is 24.3 Å². The fraction of sp³-hybridized carbons (Fsp3) is 0.533. The number of rotatable bonds is 5. The fourth-order valence-electron chi connectivity index (χ4n) is 2.64. The van der Waals surface area contributed by atoms with E-state index in [0.29, 0.717) is 43.1 Å². The first-order valence-corrected chi connectivity index (χ1v) is 9.41. The SMILES string of the molecule is CCNC(=O)C1CCN(S(=O)(=O)Cc2cccc(Cl)c2)CC1. The average Bonchev–Trinajstić information content (AvgIpc) is 2.47. The minimum atomic E-state index is -3.37. The second-order valence-electron chi connectivity index (χ2n) is 5.45. The van der Waals surface area contributed by atoms with Gasteiger partial charge in [-0.15, -0.1) is 0 Å². The van der Waals surface area contributed by atoms with Crippen LogP contribution in [-0.4, -0.2) is 38.3 Å². The molecular weight excluding hydrogens is 324 g/mol. The molecule has 122 valence electrons. The molecule has 1 aliphatic heterocycles. The van der Waals surface area contributed by atoms with Gasteiger partial charge in [0.2, 0.25) is 15.9 Å². The molecule has 0 spiro atoms. The highest BCUT2D eigenvalue weighted by molar-refractivity contribution is 7.88. The quantitative estimate of drug-likeness (QED) is 0.888. The van der Waals surface area contributed by atoms with Crippen LogP contribution >= 0.6 is 11.6 Å². The van der Waals surface area contributed by atoms with Gasteiger partial charge in [0.1, 0.15) is 0 Å². The van der Waals surface area contributed by atoms with Gasteiger partial charge in [0, 0.05) is 30.6 Å². The van der Waals surface area contributed by atoms with Crippen LogP contribution in [0.25, 0.3) is 0 Å². The number of piperidine rings is 1. The van der Waals surface area contributed by atoms with Gasteiger partial charge >= 0.3 is 0 Å². The first-order valence-electron chi connectivity index (χ1n) is 7.42. The third kappa shape index (κ3) is 4.44. The van der Waals surface area contributed by atoms with Gasteiger partial charge in [0.05, 0.1) is 5.75 Å². The van der Waals surface area contributed by atoms with Crippen LogP contribution in [0.3, 0.4) is 0 Å². The van der Waals surface area contributed by atoms with Crippen LogP contribution in [-0.2, 0) is 20.6 Å². The maximum absolute atomic E-state index is 12.5. The van der Waals surface area contributed by atoms with Gasteiger partial charge in [-0.3, -0.25) is 4.79 Å². The van der Waals surface area contributed by atoms with Gasteiger partial charge in [0.15, 0.2) is 0 Å². The molecule has 1 aromatic rings. The normalized spacial score (nSPS) is 17.4. The third-order valence-corrected chi connectivity index (χ3v) is 5.89. The summed E-state index contributed by atoms with van der Waals surface area (Å²) in [7, 11) is -3.37. The van der Waals surface area contributed by atoms with E-state index >= 15 is 0 Å². The smallest absolute Gasteiger partial charge is 0.223 e. The molecule has 1 N–H and O–H groups in total. The van der Waals surface area contributed by atoms with Crippen molar-refractivity contribution in [2.75, 3.05) is 19.6 Å². The van der Waals surface area contributed by atoms with Crippen molar-refractivity contribution < 1.29 is 13.2 Å². The van der Waals surface area contributed by atoms with Gasteiger partial charge in [-0.1, -0.05) is 23.7 Å². The van der Waals surface area contributed by atoms with Crippen molar-refractivity contribution >= 4 is 27.5 Å². The van der Waals surface area contributed by atoms with Crippen molar-refractivity contribution in [1.29, 1.82) is 0 Å². The second-order valence-corrected chi connectivity index (χ2v) is 7.86.